The van der Waals surface area contributed by atoms with Gasteiger partial charge in [0.15, 0.2) is 4.77 Å². The minimum absolute atomic E-state index is 0.0624. The monoisotopic (exact) mass is 451 g/mol. The summed E-state index contributed by atoms with van der Waals surface area (Å²) in [4.78, 5) is 28.2. The van der Waals surface area contributed by atoms with Crippen LogP contribution in [0.5, 0.6) is 0 Å². The first-order valence-corrected chi connectivity index (χ1v) is 10.8. The Kier molecular flexibility index (Phi) is 6.52. The molecule has 7 heteroatoms. The molecule has 27 heavy (non-hydrogen) atoms. The highest BCUT2D eigenvalue weighted by molar-refractivity contribution is 9.10. The van der Waals surface area contributed by atoms with Gasteiger partial charge in [-0.25, -0.2) is 0 Å². The third kappa shape index (κ3) is 4.69. The van der Waals surface area contributed by atoms with E-state index in [0.29, 0.717) is 41.4 Å². The zero-order valence-corrected chi connectivity index (χ0v) is 18.2. The molecule has 0 bridgehead atoms. The molecule has 2 N–H and O–H groups in total. The number of carbonyl (C=O) groups is 1. The van der Waals surface area contributed by atoms with Crippen molar-refractivity contribution in [3.63, 3.8) is 0 Å². The van der Waals surface area contributed by atoms with Crippen LogP contribution in [0.1, 0.15) is 46.0 Å². The summed E-state index contributed by atoms with van der Waals surface area (Å²) in [5, 5.41) is 3.78. The number of rotatable bonds is 5. The van der Waals surface area contributed by atoms with Gasteiger partial charge < -0.3 is 10.3 Å². The summed E-state index contributed by atoms with van der Waals surface area (Å²) < 4.78 is 2.78. The molecular weight excluding hydrogens is 426 g/mol. The summed E-state index contributed by atoms with van der Waals surface area (Å²) in [6.07, 6.45) is 4.45. The number of carbonyl (C=O) groups excluding carboxylic acids is 1. The molecule has 1 aromatic heterocycles. The molecule has 0 radical (unpaired) electrons. The molecule has 1 aliphatic carbocycles. The smallest absolute Gasteiger partial charge is 0.262 e. The number of halogens is 1. The molecule has 1 saturated carbocycles. The minimum Gasteiger partial charge on any atom is -0.353 e. The predicted molar refractivity (Wildman–Crippen MR) is 114 cm³/mol. The van der Waals surface area contributed by atoms with Crippen molar-refractivity contribution in [2.75, 3.05) is 0 Å². The van der Waals surface area contributed by atoms with Crippen molar-refractivity contribution < 1.29 is 4.79 Å². The second-order valence-corrected chi connectivity index (χ2v) is 8.92. The SMILES string of the molecule is CC1CCCC(NC(=O)CCCn2c(=S)[nH]c3ccc(Br)cc3c2=O)C1C. The highest BCUT2D eigenvalue weighted by Crippen LogP contribution is 2.29. The second kappa shape index (κ2) is 8.69. The van der Waals surface area contributed by atoms with E-state index in [1.165, 1.54) is 12.8 Å². The molecule has 1 aliphatic rings. The number of H-pyrrole nitrogens is 1. The standard InChI is InChI=1S/C20H26BrN3O2S/c1-12-5-3-6-16(13(12)2)22-18(25)7-4-10-24-19(26)15-11-14(21)8-9-17(15)23-20(24)27/h8-9,11-13,16H,3-7,10H2,1-2H3,(H,22,25)(H,23,27). The number of nitrogens with zero attached hydrogens (tertiary/aromatic N) is 1. The van der Waals surface area contributed by atoms with Crippen LogP contribution in [0.3, 0.4) is 0 Å². The third-order valence-corrected chi connectivity index (χ3v) is 6.60. The Hall–Kier alpha value is -1.47. The van der Waals surface area contributed by atoms with Crippen molar-refractivity contribution in [3.05, 3.63) is 37.8 Å². The summed E-state index contributed by atoms with van der Waals surface area (Å²) in [5.74, 6) is 1.23. The maximum atomic E-state index is 12.7. The molecule has 3 rings (SSSR count). The molecule has 1 amide bonds. The van der Waals surface area contributed by atoms with E-state index in [0.717, 1.165) is 16.4 Å². The van der Waals surface area contributed by atoms with E-state index >= 15 is 0 Å². The van der Waals surface area contributed by atoms with Crippen molar-refractivity contribution in [2.24, 2.45) is 11.8 Å². The average molecular weight is 452 g/mol. The molecule has 1 aromatic carbocycles. The van der Waals surface area contributed by atoms with E-state index in [4.69, 9.17) is 12.2 Å². The number of nitrogens with one attached hydrogen (secondary N) is 2. The minimum atomic E-state index is -0.120. The third-order valence-electron chi connectivity index (χ3n) is 5.78. The van der Waals surface area contributed by atoms with E-state index in [-0.39, 0.29) is 17.5 Å². The van der Waals surface area contributed by atoms with Gasteiger partial charge in [0.05, 0.1) is 10.9 Å². The molecule has 5 nitrogen and oxygen atoms in total. The molecule has 1 fully saturated rings. The highest BCUT2D eigenvalue weighted by Gasteiger charge is 2.27. The Balaban J connectivity index is 1.63. The van der Waals surface area contributed by atoms with Crippen molar-refractivity contribution in [2.45, 2.75) is 58.5 Å². The number of amides is 1. The summed E-state index contributed by atoms with van der Waals surface area (Å²) in [5.41, 5.74) is 0.604. The Bertz CT molecular complexity index is 952. The van der Waals surface area contributed by atoms with Crippen LogP contribution < -0.4 is 10.9 Å². The topological polar surface area (TPSA) is 66.9 Å². The zero-order chi connectivity index (χ0) is 19.6. The van der Waals surface area contributed by atoms with Gasteiger partial charge in [-0.1, -0.05) is 42.6 Å². The zero-order valence-electron chi connectivity index (χ0n) is 15.8. The lowest BCUT2D eigenvalue weighted by Crippen LogP contribution is -2.43. The molecule has 3 atom stereocenters. The summed E-state index contributed by atoms with van der Waals surface area (Å²) in [7, 11) is 0. The predicted octanol–water partition coefficient (Wildman–Crippen LogP) is 4.54. The lowest BCUT2D eigenvalue weighted by Gasteiger charge is -2.34. The Morgan fingerprint density at radius 3 is 2.93 bits per heavy atom. The van der Waals surface area contributed by atoms with Gasteiger partial charge in [0.25, 0.3) is 5.56 Å². The lowest BCUT2D eigenvalue weighted by molar-refractivity contribution is -0.122. The van der Waals surface area contributed by atoms with E-state index < -0.39 is 0 Å². The van der Waals surface area contributed by atoms with Gasteiger partial charge in [-0.05, 0) is 55.1 Å². The Morgan fingerprint density at radius 2 is 2.15 bits per heavy atom. The number of aromatic amines is 1. The van der Waals surface area contributed by atoms with Gasteiger partial charge in [-0.3, -0.25) is 14.2 Å². The molecule has 2 aromatic rings. The van der Waals surface area contributed by atoms with Crippen LogP contribution in [0.15, 0.2) is 27.5 Å². The van der Waals surface area contributed by atoms with E-state index in [9.17, 15) is 9.59 Å². The van der Waals surface area contributed by atoms with Crippen LogP contribution in [0.25, 0.3) is 10.9 Å². The fourth-order valence-corrected chi connectivity index (χ4v) is 4.53. The van der Waals surface area contributed by atoms with Gasteiger partial charge >= 0.3 is 0 Å². The van der Waals surface area contributed by atoms with Gasteiger partial charge in [0.2, 0.25) is 5.91 Å². The average Bonchev–Trinajstić information content (AvgIpc) is 2.62. The molecular formula is C20H26BrN3O2S. The van der Waals surface area contributed by atoms with E-state index in [1.54, 1.807) is 10.6 Å². The second-order valence-electron chi connectivity index (χ2n) is 7.62. The van der Waals surface area contributed by atoms with Crippen LogP contribution in [-0.2, 0) is 11.3 Å². The first kappa shape index (κ1) is 20.3. The van der Waals surface area contributed by atoms with Crippen LogP contribution in [0.4, 0.5) is 0 Å². The molecule has 0 aliphatic heterocycles. The van der Waals surface area contributed by atoms with E-state index in [1.807, 2.05) is 12.1 Å². The largest absolute Gasteiger partial charge is 0.353 e. The number of benzene rings is 1. The molecule has 0 saturated heterocycles. The summed E-state index contributed by atoms with van der Waals surface area (Å²) >= 11 is 8.73. The quantitative estimate of drug-likeness (QED) is 0.655. The van der Waals surface area contributed by atoms with Crippen LogP contribution in [-0.4, -0.2) is 21.5 Å². The van der Waals surface area contributed by atoms with Gasteiger partial charge in [0.1, 0.15) is 0 Å². The Labute approximate surface area is 172 Å². The number of hydrogen-bond acceptors (Lipinski definition) is 3. The van der Waals surface area contributed by atoms with Gasteiger partial charge in [0, 0.05) is 23.5 Å². The molecule has 1 heterocycles. The molecule has 146 valence electrons. The van der Waals surface area contributed by atoms with Crippen LogP contribution >= 0.6 is 28.1 Å². The summed E-state index contributed by atoms with van der Waals surface area (Å²) in [6.45, 7) is 4.91. The molecule has 3 unspecified atom stereocenters. The number of hydrogen-bond donors (Lipinski definition) is 2. The lowest BCUT2D eigenvalue weighted by atomic mass is 9.78. The fraction of sp³-hybridized carbons (Fsp3) is 0.550. The van der Waals surface area contributed by atoms with Crippen molar-refractivity contribution in [1.29, 1.82) is 0 Å². The first-order chi connectivity index (χ1) is 12.9. The Morgan fingerprint density at radius 1 is 1.37 bits per heavy atom. The van der Waals surface area contributed by atoms with Crippen molar-refractivity contribution in [1.82, 2.24) is 14.9 Å². The van der Waals surface area contributed by atoms with E-state index in [2.05, 4.69) is 40.1 Å². The summed E-state index contributed by atoms with van der Waals surface area (Å²) in [6, 6.07) is 5.76. The van der Waals surface area contributed by atoms with Crippen molar-refractivity contribution in [3.8, 4) is 0 Å². The van der Waals surface area contributed by atoms with Gasteiger partial charge in [-0.2, -0.15) is 0 Å². The maximum absolute atomic E-state index is 12.7. The molecule has 0 spiro atoms. The fourth-order valence-electron chi connectivity index (χ4n) is 3.89. The van der Waals surface area contributed by atoms with Crippen LogP contribution in [0.2, 0.25) is 0 Å². The first-order valence-electron chi connectivity index (χ1n) is 9.58. The number of fused-ring (bicyclic) bond motifs is 1. The van der Waals surface area contributed by atoms with Crippen LogP contribution in [0, 0.1) is 16.6 Å². The van der Waals surface area contributed by atoms with Gasteiger partial charge in [-0.15, -0.1) is 0 Å². The normalized spacial score (nSPS) is 22.7. The number of aromatic nitrogens is 2. The highest BCUT2D eigenvalue weighted by atomic mass is 79.9. The van der Waals surface area contributed by atoms with Crippen molar-refractivity contribution >= 4 is 45.0 Å². The maximum Gasteiger partial charge on any atom is 0.262 e.